The van der Waals surface area contributed by atoms with Crippen molar-refractivity contribution in [1.29, 1.82) is 0 Å². The van der Waals surface area contributed by atoms with Crippen LogP contribution in [-0.4, -0.2) is 51.2 Å². The van der Waals surface area contributed by atoms with E-state index in [0.29, 0.717) is 18.0 Å². The van der Waals surface area contributed by atoms with E-state index in [-0.39, 0.29) is 4.90 Å². The molecule has 8 nitrogen and oxygen atoms in total. The minimum Gasteiger partial charge on any atom is -0.492 e. The molecule has 0 radical (unpaired) electrons. The van der Waals surface area contributed by atoms with Gasteiger partial charge in [0.1, 0.15) is 12.3 Å². The van der Waals surface area contributed by atoms with Crippen LogP contribution in [0.15, 0.2) is 94.9 Å². The van der Waals surface area contributed by atoms with Crippen LogP contribution in [-0.2, 0) is 21.4 Å². The highest BCUT2D eigenvalue weighted by atomic mass is 32.2. The lowest BCUT2D eigenvalue weighted by molar-refractivity contribution is -0.119. The van der Waals surface area contributed by atoms with Gasteiger partial charge in [0, 0.05) is 38.2 Å². The van der Waals surface area contributed by atoms with Crippen LogP contribution in [0.25, 0.3) is 0 Å². The number of hydrogen-bond acceptors (Lipinski definition) is 6. The number of carbonyl (C=O) groups is 1. The molecule has 1 N–H and O–H groups in total. The summed E-state index contributed by atoms with van der Waals surface area (Å²) in [6.45, 7) is 4.32. The van der Waals surface area contributed by atoms with Gasteiger partial charge in [-0.3, -0.25) is 14.0 Å². The number of hydrogen-bond donors (Lipinski definition) is 1. The SMILES string of the molecule is CCOc1ccccc1N(CC(=O)NN=C1CCN(Cc2ccccc2)CC1)S(=O)(=O)c1ccccc1. The van der Waals surface area contributed by atoms with Crippen LogP contribution in [0.1, 0.15) is 25.3 Å². The topological polar surface area (TPSA) is 91.3 Å². The van der Waals surface area contributed by atoms with E-state index in [1.54, 1.807) is 42.5 Å². The minimum absolute atomic E-state index is 0.0891. The smallest absolute Gasteiger partial charge is 0.264 e. The van der Waals surface area contributed by atoms with Crippen molar-refractivity contribution in [1.82, 2.24) is 10.3 Å². The molecule has 1 aliphatic heterocycles. The molecule has 0 spiro atoms. The van der Waals surface area contributed by atoms with Gasteiger partial charge in [0.15, 0.2) is 0 Å². The average molecular weight is 521 g/mol. The monoisotopic (exact) mass is 520 g/mol. The first-order valence-electron chi connectivity index (χ1n) is 12.4. The van der Waals surface area contributed by atoms with Crippen molar-refractivity contribution in [2.45, 2.75) is 31.2 Å². The number of ether oxygens (including phenoxy) is 1. The summed E-state index contributed by atoms with van der Waals surface area (Å²) in [4.78, 5) is 15.4. The second kappa shape index (κ2) is 12.5. The summed E-state index contributed by atoms with van der Waals surface area (Å²) in [5, 5.41) is 4.32. The van der Waals surface area contributed by atoms with Gasteiger partial charge in [0.25, 0.3) is 15.9 Å². The molecule has 3 aromatic carbocycles. The van der Waals surface area contributed by atoms with Gasteiger partial charge >= 0.3 is 0 Å². The average Bonchev–Trinajstić information content (AvgIpc) is 2.93. The van der Waals surface area contributed by atoms with Crippen molar-refractivity contribution in [2.24, 2.45) is 5.10 Å². The number of anilines is 1. The summed E-state index contributed by atoms with van der Waals surface area (Å²) in [5.41, 5.74) is 5.03. The number of nitrogens with one attached hydrogen (secondary N) is 1. The zero-order valence-corrected chi connectivity index (χ0v) is 21.7. The summed E-state index contributed by atoms with van der Waals surface area (Å²) in [6.07, 6.45) is 1.48. The number of benzene rings is 3. The standard InChI is InChI=1S/C28H32N4O4S/c1-2-36-27-16-10-9-15-26(27)32(37(34,35)25-13-7-4-8-14-25)22-28(33)30-29-24-17-19-31(20-18-24)21-23-11-5-3-6-12-23/h3-16H,2,17-22H2,1H3,(H,30,33). The lowest BCUT2D eigenvalue weighted by Gasteiger charge is -2.27. The number of para-hydroxylation sites is 2. The number of sulfonamides is 1. The third-order valence-corrected chi connectivity index (χ3v) is 7.85. The molecule has 0 saturated carbocycles. The maximum absolute atomic E-state index is 13.6. The number of nitrogens with zero attached hydrogens (tertiary/aromatic N) is 3. The number of hydrazone groups is 1. The summed E-state index contributed by atoms with van der Waals surface area (Å²) in [7, 11) is -4.03. The molecule has 0 unspecified atom stereocenters. The molecule has 9 heteroatoms. The van der Waals surface area contributed by atoms with E-state index in [4.69, 9.17) is 4.74 Å². The van der Waals surface area contributed by atoms with Gasteiger partial charge < -0.3 is 4.74 Å². The molecule has 37 heavy (non-hydrogen) atoms. The Bertz CT molecular complexity index is 1300. The van der Waals surface area contributed by atoms with Crippen molar-refractivity contribution >= 4 is 27.3 Å². The maximum atomic E-state index is 13.6. The van der Waals surface area contributed by atoms with E-state index in [9.17, 15) is 13.2 Å². The lowest BCUT2D eigenvalue weighted by Crippen LogP contribution is -2.40. The molecule has 0 bridgehead atoms. The Morgan fingerprint density at radius 3 is 2.24 bits per heavy atom. The Balaban J connectivity index is 1.45. The second-order valence-electron chi connectivity index (χ2n) is 8.70. The van der Waals surface area contributed by atoms with Crippen molar-refractivity contribution < 1.29 is 17.9 Å². The van der Waals surface area contributed by atoms with Gasteiger partial charge in [-0.1, -0.05) is 60.7 Å². The molecule has 1 amide bonds. The van der Waals surface area contributed by atoms with Crippen LogP contribution >= 0.6 is 0 Å². The summed E-state index contributed by atoms with van der Waals surface area (Å²) < 4.78 is 33.9. The van der Waals surface area contributed by atoms with E-state index in [1.807, 2.05) is 25.1 Å². The van der Waals surface area contributed by atoms with Crippen LogP contribution in [0.2, 0.25) is 0 Å². The van der Waals surface area contributed by atoms with Crippen molar-refractivity contribution in [3.63, 3.8) is 0 Å². The molecule has 0 aromatic heterocycles. The van der Waals surface area contributed by atoms with E-state index < -0.39 is 22.5 Å². The predicted octanol–water partition coefficient (Wildman–Crippen LogP) is 4.05. The Kier molecular flexibility index (Phi) is 8.92. The molecular weight excluding hydrogens is 488 g/mol. The maximum Gasteiger partial charge on any atom is 0.264 e. The molecule has 4 rings (SSSR count). The highest BCUT2D eigenvalue weighted by Crippen LogP contribution is 2.32. The van der Waals surface area contributed by atoms with E-state index in [1.165, 1.54) is 17.7 Å². The van der Waals surface area contributed by atoms with Crippen molar-refractivity contribution in [2.75, 3.05) is 30.5 Å². The number of piperidine rings is 1. The fourth-order valence-electron chi connectivity index (χ4n) is 4.19. The van der Waals surface area contributed by atoms with Crippen LogP contribution in [0.3, 0.4) is 0 Å². The summed E-state index contributed by atoms with van der Waals surface area (Å²) >= 11 is 0. The Labute approximate surface area is 218 Å². The minimum atomic E-state index is -4.03. The number of likely N-dealkylation sites (tertiary alicyclic amines) is 1. The normalized spacial score (nSPS) is 14.1. The number of carbonyl (C=O) groups excluding carboxylic acids is 1. The first-order chi connectivity index (χ1) is 18.0. The first-order valence-corrected chi connectivity index (χ1v) is 13.8. The van der Waals surface area contributed by atoms with Gasteiger partial charge in [0.05, 0.1) is 17.2 Å². The first kappa shape index (κ1) is 26.4. The molecular formula is C28H32N4O4S. The van der Waals surface area contributed by atoms with Crippen LogP contribution in [0.5, 0.6) is 5.75 Å². The second-order valence-corrected chi connectivity index (χ2v) is 10.6. The highest BCUT2D eigenvalue weighted by molar-refractivity contribution is 7.92. The van der Waals surface area contributed by atoms with Gasteiger partial charge in [-0.2, -0.15) is 5.10 Å². The molecule has 194 valence electrons. The number of rotatable bonds is 10. The fraction of sp³-hybridized carbons (Fsp3) is 0.286. The Hall–Kier alpha value is -3.69. The Morgan fingerprint density at radius 2 is 1.57 bits per heavy atom. The van der Waals surface area contributed by atoms with Crippen LogP contribution < -0.4 is 14.5 Å². The molecule has 3 aromatic rings. The van der Waals surface area contributed by atoms with E-state index >= 15 is 0 Å². The molecule has 0 aliphatic carbocycles. The van der Waals surface area contributed by atoms with Crippen LogP contribution in [0.4, 0.5) is 5.69 Å². The highest BCUT2D eigenvalue weighted by Gasteiger charge is 2.29. The van der Waals surface area contributed by atoms with Crippen molar-refractivity contribution in [3.05, 3.63) is 90.5 Å². The third kappa shape index (κ3) is 6.96. The fourth-order valence-corrected chi connectivity index (χ4v) is 5.64. The van der Waals surface area contributed by atoms with E-state index in [0.717, 1.165) is 42.5 Å². The zero-order valence-electron chi connectivity index (χ0n) is 20.9. The number of amides is 1. The molecule has 1 aliphatic rings. The zero-order chi connectivity index (χ0) is 26.1. The lowest BCUT2D eigenvalue weighted by atomic mass is 10.1. The van der Waals surface area contributed by atoms with Crippen molar-refractivity contribution in [3.8, 4) is 5.75 Å². The molecule has 1 fully saturated rings. The third-order valence-electron chi connectivity index (χ3n) is 6.07. The molecule has 0 atom stereocenters. The van der Waals surface area contributed by atoms with Crippen LogP contribution in [0, 0.1) is 0 Å². The van der Waals surface area contributed by atoms with Gasteiger partial charge in [-0.15, -0.1) is 0 Å². The van der Waals surface area contributed by atoms with E-state index in [2.05, 4.69) is 27.6 Å². The van der Waals surface area contributed by atoms with Gasteiger partial charge in [0.2, 0.25) is 0 Å². The molecule has 1 heterocycles. The molecule has 1 saturated heterocycles. The predicted molar refractivity (Wildman–Crippen MR) is 145 cm³/mol. The largest absolute Gasteiger partial charge is 0.492 e. The van der Waals surface area contributed by atoms with Gasteiger partial charge in [-0.05, 0) is 36.8 Å². The summed E-state index contributed by atoms with van der Waals surface area (Å²) in [6, 6.07) is 25.2. The van der Waals surface area contributed by atoms with Gasteiger partial charge in [-0.25, -0.2) is 13.8 Å². The quantitative estimate of drug-likeness (QED) is 0.407. The summed E-state index contributed by atoms with van der Waals surface area (Å²) in [5.74, 6) is -0.139. The Morgan fingerprint density at radius 1 is 0.946 bits per heavy atom.